The Labute approximate surface area is 149 Å². The normalized spacial score (nSPS) is 17.9. The van der Waals surface area contributed by atoms with Gasteiger partial charge < -0.3 is 4.52 Å². The number of hydrogen-bond acceptors (Lipinski definition) is 7. The van der Waals surface area contributed by atoms with E-state index in [0.29, 0.717) is 17.4 Å². The molecule has 0 aromatic carbocycles. The van der Waals surface area contributed by atoms with Crippen LogP contribution in [0.3, 0.4) is 0 Å². The smallest absolute Gasteiger partial charge is 0.244 e. The predicted molar refractivity (Wildman–Crippen MR) is 94.2 cm³/mol. The molecule has 1 aliphatic rings. The third-order valence-corrected chi connectivity index (χ3v) is 5.45. The molecule has 25 heavy (non-hydrogen) atoms. The summed E-state index contributed by atoms with van der Waals surface area (Å²) in [5, 5.41) is 6.14. The maximum Gasteiger partial charge on any atom is 0.244 e. The van der Waals surface area contributed by atoms with Crippen LogP contribution in [0.5, 0.6) is 0 Å². The van der Waals surface area contributed by atoms with Crippen molar-refractivity contribution in [1.82, 2.24) is 20.0 Å². The predicted octanol–water partition coefficient (Wildman–Crippen LogP) is 3.73. The van der Waals surface area contributed by atoms with E-state index in [0.717, 1.165) is 36.4 Å². The summed E-state index contributed by atoms with van der Waals surface area (Å²) in [6, 6.07) is 7.74. The maximum atomic E-state index is 11.5. The molecule has 0 N–H and O–H groups in total. The van der Waals surface area contributed by atoms with Gasteiger partial charge in [0.15, 0.2) is 5.78 Å². The van der Waals surface area contributed by atoms with Crippen molar-refractivity contribution in [3.63, 3.8) is 0 Å². The summed E-state index contributed by atoms with van der Waals surface area (Å²) in [7, 11) is 0. The van der Waals surface area contributed by atoms with Crippen molar-refractivity contribution in [1.29, 1.82) is 0 Å². The van der Waals surface area contributed by atoms with Gasteiger partial charge in [0.1, 0.15) is 5.69 Å². The zero-order valence-electron chi connectivity index (χ0n) is 13.9. The maximum absolute atomic E-state index is 11.5. The molecule has 7 heteroatoms. The summed E-state index contributed by atoms with van der Waals surface area (Å²) >= 11 is 1.50. The van der Waals surface area contributed by atoms with E-state index in [-0.39, 0.29) is 11.8 Å². The lowest BCUT2D eigenvalue weighted by Crippen LogP contribution is -2.22. The van der Waals surface area contributed by atoms with Crippen LogP contribution in [-0.4, -0.2) is 32.4 Å². The third kappa shape index (κ3) is 3.38. The van der Waals surface area contributed by atoms with Gasteiger partial charge in [-0.1, -0.05) is 11.2 Å². The van der Waals surface area contributed by atoms with E-state index in [2.05, 4.69) is 25.4 Å². The largest absolute Gasteiger partial charge is 0.337 e. The molecule has 0 bridgehead atoms. The van der Waals surface area contributed by atoms with Crippen molar-refractivity contribution in [3.05, 3.63) is 52.2 Å². The van der Waals surface area contributed by atoms with Crippen molar-refractivity contribution in [2.75, 3.05) is 6.54 Å². The van der Waals surface area contributed by atoms with Gasteiger partial charge in [-0.2, -0.15) is 4.98 Å². The van der Waals surface area contributed by atoms with Gasteiger partial charge >= 0.3 is 0 Å². The van der Waals surface area contributed by atoms with E-state index >= 15 is 0 Å². The first kappa shape index (κ1) is 16.1. The van der Waals surface area contributed by atoms with Gasteiger partial charge in [0.05, 0.1) is 10.9 Å². The summed E-state index contributed by atoms with van der Waals surface area (Å²) < 4.78 is 5.52. The summed E-state index contributed by atoms with van der Waals surface area (Å²) in [4.78, 5) is 23.4. The molecule has 0 amide bonds. The second-order valence-corrected chi connectivity index (χ2v) is 7.09. The van der Waals surface area contributed by atoms with Gasteiger partial charge in [0, 0.05) is 12.7 Å². The molecule has 1 aliphatic heterocycles. The molecule has 4 heterocycles. The fraction of sp³-hybridized carbons (Fsp3) is 0.333. The molecule has 3 aromatic rings. The molecule has 1 atom stereocenters. The lowest BCUT2D eigenvalue weighted by molar-refractivity contribution is 0.102. The number of carbonyl (C=O) groups excluding carboxylic acids is 1. The van der Waals surface area contributed by atoms with E-state index < -0.39 is 0 Å². The van der Waals surface area contributed by atoms with Crippen molar-refractivity contribution < 1.29 is 9.32 Å². The summed E-state index contributed by atoms with van der Waals surface area (Å²) in [5.41, 5.74) is 1.87. The fourth-order valence-corrected chi connectivity index (χ4v) is 3.95. The molecule has 0 saturated carbocycles. The first-order chi connectivity index (χ1) is 12.2. The number of carbonyl (C=O) groups is 1. The summed E-state index contributed by atoms with van der Waals surface area (Å²) in [5.74, 6) is 1.28. The zero-order chi connectivity index (χ0) is 17.2. The highest BCUT2D eigenvalue weighted by molar-refractivity contribution is 7.12. The number of rotatable bonds is 5. The highest BCUT2D eigenvalue weighted by Crippen LogP contribution is 2.33. The van der Waals surface area contributed by atoms with E-state index in [1.807, 2.05) is 24.3 Å². The first-order valence-electron chi connectivity index (χ1n) is 8.28. The first-order valence-corrected chi connectivity index (χ1v) is 9.16. The van der Waals surface area contributed by atoms with Crippen LogP contribution in [0.1, 0.15) is 46.9 Å². The number of hydrogen-bond donors (Lipinski definition) is 0. The number of ketones is 1. The van der Waals surface area contributed by atoms with Gasteiger partial charge in [-0.15, -0.1) is 11.3 Å². The summed E-state index contributed by atoms with van der Waals surface area (Å²) in [6.45, 7) is 3.37. The van der Waals surface area contributed by atoms with Gasteiger partial charge in [-0.05, 0) is 55.5 Å². The van der Waals surface area contributed by atoms with Gasteiger partial charge in [0.25, 0.3) is 0 Å². The Kier molecular flexibility index (Phi) is 4.42. The molecular weight excluding hydrogens is 336 g/mol. The minimum atomic E-state index is 0.116. The standard InChI is InChI=1S/C18H18N4O2S/c1-12(23)16-9-13(11-25-16)10-22-8-4-6-15(22)18-20-17(21-24-18)14-5-2-3-7-19-14/h2-3,5,7,9,11,15H,4,6,8,10H2,1H3/t15-/m1/s1. The molecule has 1 fully saturated rings. The van der Waals surface area contributed by atoms with Crippen LogP contribution in [0, 0.1) is 0 Å². The number of thiophene rings is 1. The molecule has 3 aromatic heterocycles. The van der Waals surface area contributed by atoms with Crippen LogP contribution in [0.2, 0.25) is 0 Å². The van der Waals surface area contributed by atoms with Crippen LogP contribution >= 0.6 is 11.3 Å². The van der Waals surface area contributed by atoms with Crippen LogP contribution in [0.25, 0.3) is 11.5 Å². The topological polar surface area (TPSA) is 72.1 Å². The monoisotopic (exact) mass is 354 g/mol. The van der Waals surface area contributed by atoms with Crippen molar-refractivity contribution in [3.8, 4) is 11.5 Å². The Morgan fingerprint density at radius 1 is 1.44 bits per heavy atom. The number of Topliss-reactive ketones (excluding diaryl/α,β-unsaturated/α-hetero) is 1. The van der Waals surface area contributed by atoms with Crippen molar-refractivity contribution >= 4 is 17.1 Å². The number of pyridine rings is 1. The molecule has 6 nitrogen and oxygen atoms in total. The minimum Gasteiger partial charge on any atom is -0.337 e. The molecule has 0 spiro atoms. The lowest BCUT2D eigenvalue weighted by atomic mass is 10.2. The molecule has 0 unspecified atom stereocenters. The van der Waals surface area contributed by atoms with E-state index in [4.69, 9.17) is 4.52 Å². The second-order valence-electron chi connectivity index (χ2n) is 6.18. The highest BCUT2D eigenvalue weighted by atomic mass is 32.1. The van der Waals surface area contributed by atoms with E-state index in [1.54, 1.807) is 13.1 Å². The highest BCUT2D eigenvalue weighted by Gasteiger charge is 2.31. The van der Waals surface area contributed by atoms with Gasteiger partial charge in [0.2, 0.25) is 11.7 Å². The number of likely N-dealkylation sites (tertiary alicyclic amines) is 1. The van der Waals surface area contributed by atoms with Crippen LogP contribution in [-0.2, 0) is 6.54 Å². The second kappa shape index (κ2) is 6.85. The fourth-order valence-electron chi connectivity index (χ4n) is 3.14. The Bertz CT molecular complexity index is 874. The minimum absolute atomic E-state index is 0.116. The number of aromatic nitrogens is 3. The molecule has 4 rings (SSSR count). The Balaban J connectivity index is 1.51. The number of nitrogens with zero attached hydrogens (tertiary/aromatic N) is 4. The van der Waals surface area contributed by atoms with Gasteiger partial charge in [-0.25, -0.2) is 0 Å². The van der Waals surface area contributed by atoms with Crippen LogP contribution in [0.4, 0.5) is 0 Å². The molecular formula is C18H18N4O2S. The zero-order valence-corrected chi connectivity index (χ0v) is 14.7. The molecule has 128 valence electrons. The van der Waals surface area contributed by atoms with Crippen molar-refractivity contribution in [2.45, 2.75) is 32.4 Å². The van der Waals surface area contributed by atoms with E-state index in [1.165, 1.54) is 11.3 Å². The van der Waals surface area contributed by atoms with Crippen molar-refractivity contribution in [2.24, 2.45) is 0 Å². The SMILES string of the molecule is CC(=O)c1cc(CN2CCC[C@@H]2c2nc(-c3ccccn3)no2)cs1. The summed E-state index contributed by atoms with van der Waals surface area (Å²) in [6.07, 6.45) is 3.81. The van der Waals surface area contributed by atoms with Crippen LogP contribution in [0.15, 0.2) is 40.4 Å². The average Bonchev–Trinajstić information content (AvgIpc) is 3.36. The quantitative estimate of drug-likeness (QED) is 0.650. The molecule has 1 saturated heterocycles. The molecule has 0 aliphatic carbocycles. The van der Waals surface area contributed by atoms with Crippen LogP contribution < -0.4 is 0 Å². The lowest BCUT2D eigenvalue weighted by Gasteiger charge is -2.20. The Hall–Kier alpha value is -2.38. The average molecular weight is 354 g/mol. The molecule has 0 radical (unpaired) electrons. The van der Waals surface area contributed by atoms with E-state index in [9.17, 15) is 4.79 Å². The third-order valence-electron chi connectivity index (χ3n) is 4.37. The van der Waals surface area contributed by atoms with Gasteiger partial charge in [-0.3, -0.25) is 14.7 Å². The Morgan fingerprint density at radius 3 is 3.12 bits per heavy atom. The Morgan fingerprint density at radius 2 is 2.36 bits per heavy atom.